The maximum atomic E-state index is 11.9. The van der Waals surface area contributed by atoms with Crippen LogP contribution in [0.1, 0.15) is 10.4 Å². The van der Waals surface area contributed by atoms with Gasteiger partial charge in [0.1, 0.15) is 6.33 Å². The first-order chi connectivity index (χ1) is 7.84. The fourth-order valence-corrected chi connectivity index (χ4v) is 1.56. The minimum Gasteiger partial charge on any atom is -0.454 e. The quantitative estimate of drug-likeness (QED) is 0.721. The first kappa shape index (κ1) is 8.96. The molecule has 0 atom stereocenters. The number of carbonyl (C=O) groups is 1. The normalized spacial score (nSPS) is 12.8. The molecule has 0 fully saturated rings. The minimum absolute atomic E-state index is 0.143. The maximum absolute atomic E-state index is 11.9. The Bertz CT molecular complexity index is 534. The first-order valence-corrected chi connectivity index (χ1v) is 4.77. The average Bonchev–Trinajstić information content (AvgIpc) is 2.98. The molecule has 1 aromatic carbocycles. The molecule has 1 aliphatic heterocycles. The number of fused-ring (bicyclic) bond motifs is 1. The van der Waals surface area contributed by atoms with E-state index < -0.39 is 0 Å². The SMILES string of the molecule is O=C(c1ccc2c(c1)OCO2)n1ccnc1. The van der Waals surface area contributed by atoms with Gasteiger partial charge in [-0.3, -0.25) is 9.36 Å². The van der Waals surface area contributed by atoms with Gasteiger partial charge in [-0.15, -0.1) is 0 Å². The summed E-state index contributed by atoms with van der Waals surface area (Å²) in [5.74, 6) is 1.13. The number of hydrogen-bond acceptors (Lipinski definition) is 4. The maximum Gasteiger partial charge on any atom is 0.263 e. The molecule has 0 amide bonds. The van der Waals surface area contributed by atoms with Crippen molar-refractivity contribution in [2.45, 2.75) is 0 Å². The van der Waals surface area contributed by atoms with Crippen LogP contribution in [-0.4, -0.2) is 22.3 Å². The number of aromatic nitrogens is 2. The van der Waals surface area contributed by atoms with Crippen LogP contribution in [-0.2, 0) is 0 Å². The lowest BCUT2D eigenvalue weighted by Gasteiger charge is -2.02. The van der Waals surface area contributed by atoms with Crippen molar-refractivity contribution < 1.29 is 14.3 Å². The van der Waals surface area contributed by atoms with E-state index in [2.05, 4.69) is 4.98 Å². The lowest BCUT2D eigenvalue weighted by Crippen LogP contribution is -2.09. The van der Waals surface area contributed by atoms with Crippen LogP contribution in [0.3, 0.4) is 0 Å². The summed E-state index contributed by atoms with van der Waals surface area (Å²) in [6.45, 7) is 0.206. The zero-order valence-corrected chi connectivity index (χ0v) is 8.29. The van der Waals surface area contributed by atoms with Gasteiger partial charge in [0.05, 0.1) is 0 Å². The first-order valence-electron chi connectivity index (χ1n) is 4.77. The monoisotopic (exact) mass is 216 g/mol. The number of imidazole rings is 1. The number of nitrogens with zero attached hydrogens (tertiary/aromatic N) is 2. The van der Waals surface area contributed by atoms with E-state index in [0.717, 1.165) is 0 Å². The second-order valence-corrected chi connectivity index (χ2v) is 3.34. The molecule has 16 heavy (non-hydrogen) atoms. The molecule has 3 rings (SSSR count). The topological polar surface area (TPSA) is 53.4 Å². The number of rotatable bonds is 1. The predicted molar refractivity (Wildman–Crippen MR) is 54.5 cm³/mol. The van der Waals surface area contributed by atoms with Crippen molar-refractivity contribution in [1.82, 2.24) is 9.55 Å². The standard InChI is InChI=1S/C11H8N2O3/c14-11(13-4-3-12-6-13)8-1-2-9-10(5-8)16-7-15-9/h1-6H,7H2. The molecule has 0 aliphatic carbocycles. The van der Waals surface area contributed by atoms with Crippen molar-refractivity contribution in [2.24, 2.45) is 0 Å². The molecular formula is C11H8N2O3. The second-order valence-electron chi connectivity index (χ2n) is 3.34. The Morgan fingerprint density at radius 1 is 1.31 bits per heavy atom. The average molecular weight is 216 g/mol. The fraction of sp³-hybridized carbons (Fsp3) is 0.0909. The second kappa shape index (κ2) is 3.37. The van der Waals surface area contributed by atoms with Crippen LogP contribution in [0.5, 0.6) is 11.5 Å². The molecule has 0 radical (unpaired) electrons. The third-order valence-corrected chi connectivity index (χ3v) is 2.36. The highest BCUT2D eigenvalue weighted by atomic mass is 16.7. The molecule has 1 aromatic heterocycles. The van der Waals surface area contributed by atoms with Gasteiger partial charge in [-0.2, -0.15) is 0 Å². The highest BCUT2D eigenvalue weighted by Gasteiger charge is 2.16. The summed E-state index contributed by atoms with van der Waals surface area (Å²) in [4.78, 5) is 15.8. The summed E-state index contributed by atoms with van der Waals surface area (Å²) >= 11 is 0. The Balaban J connectivity index is 1.99. The van der Waals surface area contributed by atoms with Crippen LogP contribution in [0.4, 0.5) is 0 Å². The molecule has 0 saturated heterocycles. The zero-order valence-electron chi connectivity index (χ0n) is 8.29. The van der Waals surface area contributed by atoms with Crippen LogP contribution >= 0.6 is 0 Å². The molecule has 0 bridgehead atoms. The molecule has 0 N–H and O–H groups in total. The molecule has 2 aromatic rings. The van der Waals surface area contributed by atoms with E-state index >= 15 is 0 Å². The van der Waals surface area contributed by atoms with Crippen LogP contribution in [0.15, 0.2) is 36.9 Å². The largest absolute Gasteiger partial charge is 0.454 e. The van der Waals surface area contributed by atoms with Gasteiger partial charge in [0.25, 0.3) is 5.91 Å². The van der Waals surface area contributed by atoms with Gasteiger partial charge in [0, 0.05) is 18.0 Å². The van der Waals surface area contributed by atoms with E-state index in [1.54, 1.807) is 30.6 Å². The molecule has 0 unspecified atom stereocenters. The number of hydrogen-bond donors (Lipinski definition) is 0. The van der Waals surface area contributed by atoms with Crippen molar-refractivity contribution in [1.29, 1.82) is 0 Å². The molecule has 2 heterocycles. The van der Waals surface area contributed by atoms with Crippen LogP contribution in [0.2, 0.25) is 0 Å². The van der Waals surface area contributed by atoms with Crippen molar-refractivity contribution in [3.05, 3.63) is 42.5 Å². The van der Waals surface area contributed by atoms with Crippen molar-refractivity contribution >= 4 is 5.91 Å². The lowest BCUT2D eigenvalue weighted by molar-refractivity contribution is 0.0959. The predicted octanol–water partition coefficient (Wildman–Crippen LogP) is 1.30. The Hall–Kier alpha value is -2.30. The van der Waals surface area contributed by atoms with Crippen LogP contribution in [0, 0.1) is 0 Å². The fourth-order valence-electron chi connectivity index (χ4n) is 1.56. The molecule has 0 spiro atoms. The highest BCUT2D eigenvalue weighted by molar-refractivity contribution is 5.96. The van der Waals surface area contributed by atoms with Crippen molar-refractivity contribution in [3.8, 4) is 11.5 Å². The highest BCUT2D eigenvalue weighted by Crippen LogP contribution is 2.32. The molecular weight excluding hydrogens is 208 g/mol. The number of benzene rings is 1. The Morgan fingerprint density at radius 2 is 2.19 bits per heavy atom. The van der Waals surface area contributed by atoms with Gasteiger partial charge in [-0.25, -0.2) is 4.98 Å². The van der Waals surface area contributed by atoms with Gasteiger partial charge < -0.3 is 9.47 Å². The summed E-state index contributed by atoms with van der Waals surface area (Å²) in [5, 5.41) is 0. The minimum atomic E-state index is -0.143. The van der Waals surface area contributed by atoms with E-state index in [1.807, 2.05) is 0 Å². The summed E-state index contributed by atoms with van der Waals surface area (Å²) in [6, 6.07) is 5.10. The third-order valence-electron chi connectivity index (χ3n) is 2.36. The number of ether oxygens (including phenoxy) is 2. The Morgan fingerprint density at radius 3 is 3.00 bits per heavy atom. The van der Waals surface area contributed by atoms with E-state index in [4.69, 9.17) is 9.47 Å². The van der Waals surface area contributed by atoms with Crippen molar-refractivity contribution in [3.63, 3.8) is 0 Å². The van der Waals surface area contributed by atoms with E-state index in [-0.39, 0.29) is 12.7 Å². The molecule has 1 aliphatic rings. The molecule has 5 nitrogen and oxygen atoms in total. The van der Waals surface area contributed by atoms with Gasteiger partial charge in [-0.1, -0.05) is 0 Å². The summed E-state index contributed by atoms with van der Waals surface area (Å²) in [5.41, 5.74) is 0.544. The van der Waals surface area contributed by atoms with Crippen LogP contribution < -0.4 is 9.47 Å². The molecule has 0 saturated carbocycles. The van der Waals surface area contributed by atoms with Gasteiger partial charge in [0.15, 0.2) is 11.5 Å². The number of carbonyl (C=O) groups excluding carboxylic acids is 1. The van der Waals surface area contributed by atoms with Gasteiger partial charge >= 0.3 is 0 Å². The molecule has 80 valence electrons. The van der Waals surface area contributed by atoms with Crippen LogP contribution in [0.25, 0.3) is 0 Å². The van der Waals surface area contributed by atoms with E-state index in [9.17, 15) is 4.79 Å². The lowest BCUT2D eigenvalue weighted by atomic mass is 10.2. The summed E-state index contributed by atoms with van der Waals surface area (Å²) < 4.78 is 11.8. The Kier molecular flexibility index (Phi) is 1.89. The van der Waals surface area contributed by atoms with Gasteiger partial charge in [-0.05, 0) is 18.2 Å². The molecule has 5 heteroatoms. The summed E-state index contributed by atoms with van der Waals surface area (Å²) in [6.07, 6.45) is 4.63. The van der Waals surface area contributed by atoms with E-state index in [1.165, 1.54) is 10.9 Å². The Labute approximate surface area is 91.2 Å². The summed E-state index contributed by atoms with van der Waals surface area (Å²) in [7, 11) is 0. The third kappa shape index (κ3) is 1.33. The van der Waals surface area contributed by atoms with Crippen molar-refractivity contribution in [2.75, 3.05) is 6.79 Å². The zero-order chi connectivity index (χ0) is 11.0. The van der Waals surface area contributed by atoms with Gasteiger partial charge in [0.2, 0.25) is 6.79 Å². The smallest absolute Gasteiger partial charge is 0.263 e. The van der Waals surface area contributed by atoms with E-state index in [0.29, 0.717) is 17.1 Å².